The normalized spacial score (nSPS) is 11.5. The van der Waals surface area contributed by atoms with E-state index >= 15 is 0 Å². The summed E-state index contributed by atoms with van der Waals surface area (Å²) in [5.74, 6) is -3.59. The predicted molar refractivity (Wildman–Crippen MR) is 151 cm³/mol. The number of carboxylic acids is 2. The number of carbonyl (C=O) groups excluding carboxylic acids is 1. The van der Waals surface area contributed by atoms with Gasteiger partial charge in [-0.3, -0.25) is 4.79 Å². The summed E-state index contributed by atoms with van der Waals surface area (Å²) >= 11 is 12.3. The summed E-state index contributed by atoms with van der Waals surface area (Å²) in [5, 5.41) is 23.3. The summed E-state index contributed by atoms with van der Waals surface area (Å²) < 4.78 is 48.2. The third-order valence-electron chi connectivity index (χ3n) is 6.42. The number of hydrogen-bond donors (Lipinski definition) is 2. The van der Waals surface area contributed by atoms with E-state index in [1.54, 1.807) is 6.07 Å². The van der Waals surface area contributed by atoms with Gasteiger partial charge in [-0.15, -0.1) is 0 Å². The van der Waals surface area contributed by atoms with E-state index in [1.807, 2.05) is 0 Å². The van der Waals surface area contributed by atoms with Crippen LogP contribution in [0.3, 0.4) is 0 Å². The number of fused-ring (bicyclic) bond motifs is 1. The fourth-order valence-corrected chi connectivity index (χ4v) is 4.88. The van der Waals surface area contributed by atoms with Crippen LogP contribution in [0.5, 0.6) is 5.75 Å². The molecular formula is C30H17Cl2F3N2O6. The number of ether oxygens (including phenoxy) is 1. The lowest BCUT2D eigenvalue weighted by molar-refractivity contribution is -0.137. The largest absolute Gasteiger partial charge is 0.488 e. The Morgan fingerprint density at radius 1 is 0.860 bits per heavy atom. The summed E-state index contributed by atoms with van der Waals surface area (Å²) in [6.07, 6.45) is -4.89. The molecule has 13 heteroatoms. The van der Waals surface area contributed by atoms with Crippen molar-refractivity contribution in [1.82, 2.24) is 9.78 Å². The van der Waals surface area contributed by atoms with Gasteiger partial charge in [-0.2, -0.15) is 23.0 Å². The number of aromatic nitrogens is 2. The van der Waals surface area contributed by atoms with Gasteiger partial charge in [0.2, 0.25) is 0 Å². The van der Waals surface area contributed by atoms with Crippen LogP contribution >= 0.6 is 23.2 Å². The van der Waals surface area contributed by atoms with Gasteiger partial charge in [-0.1, -0.05) is 41.4 Å². The molecule has 0 unspecified atom stereocenters. The van der Waals surface area contributed by atoms with E-state index in [9.17, 15) is 37.8 Å². The minimum Gasteiger partial charge on any atom is -0.488 e. The molecule has 8 nitrogen and oxygen atoms in total. The number of carbonyl (C=O) groups is 3. The molecule has 1 heterocycles. The second-order valence-corrected chi connectivity index (χ2v) is 10.0. The van der Waals surface area contributed by atoms with Crippen molar-refractivity contribution in [1.29, 1.82) is 0 Å². The topological polar surface area (TPSA) is 119 Å². The van der Waals surface area contributed by atoms with Crippen molar-refractivity contribution < 1.29 is 42.5 Å². The fraction of sp³-hybridized carbons (Fsp3) is 0.0667. The highest BCUT2D eigenvalue weighted by molar-refractivity contribution is 6.34. The Balaban J connectivity index is 1.67. The molecule has 5 rings (SSSR count). The molecule has 43 heavy (non-hydrogen) atoms. The van der Waals surface area contributed by atoms with Crippen molar-refractivity contribution in [2.24, 2.45) is 0 Å². The first-order valence-electron chi connectivity index (χ1n) is 12.3. The molecule has 0 aliphatic rings. The van der Waals surface area contributed by atoms with Gasteiger partial charge in [0, 0.05) is 16.0 Å². The van der Waals surface area contributed by atoms with Crippen molar-refractivity contribution >= 4 is 52.0 Å². The number of rotatable bonds is 7. The minimum atomic E-state index is -4.89. The first-order valence-corrected chi connectivity index (χ1v) is 13.0. The van der Waals surface area contributed by atoms with Crippen LogP contribution in [-0.4, -0.2) is 37.8 Å². The number of alkyl halides is 3. The van der Waals surface area contributed by atoms with Crippen LogP contribution in [0.1, 0.15) is 42.2 Å². The van der Waals surface area contributed by atoms with E-state index in [-0.39, 0.29) is 50.7 Å². The lowest BCUT2D eigenvalue weighted by Crippen LogP contribution is -2.20. The minimum absolute atomic E-state index is 0.00618. The Morgan fingerprint density at radius 3 is 2.26 bits per heavy atom. The van der Waals surface area contributed by atoms with Gasteiger partial charge in [-0.05, 0) is 66.2 Å². The molecule has 0 aliphatic heterocycles. The van der Waals surface area contributed by atoms with Gasteiger partial charge in [0.05, 0.1) is 32.8 Å². The summed E-state index contributed by atoms with van der Waals surface area (Å²) in [6, 6.07) is 17.0. The molecule has 0 saturated heterocycles. The van der Waals surface area contributed by atoms with Crippen LogP contribution in [0.4, 0.5) is 13.2 Å². The fourth-order valence-electron chi connectivity index (χ4n) is 4.45. The number of aromatic carboxylic acids is 2. The second-order valence-electron chi connectivity index (χ2n) is 9.20. The SMILES string of the molecule is O=C(O)c1cccc(COc2cc(C(=O)O)ccc2-c2nn(C(=O)c3c(Cl)cccc3C(F)(F)F)c3ccc(Cl)cc23)c1. The Hall–Kier alpha value is -4.87. The predicted octanol–water partition coefficient (Wildman–Crippen LogP) is 7.69. The molecule has 0 aliphatic carbocycles. The third kappa shape index (κ3) is 5.90. The summed E-state index contributed by atoms with van der Waals surface area (Å²) in [5.41, 5.74) is -1.40. The van der Waals surface area contributed by atoms with E-state index in [0.717, 1.165) is 22.9 Å². The van der Waals surface area contributed by atoms with E-state index in [2.05, 4.69) is 5.10 Å². The molecule has 2 N–H and O–H groups in total. The summed E-state index contributed by atoms with van der Waals surface area (Å²) in [6.45, 7) is -0.177. The molecule has 218 valence electrons. The molecule has 0 bridgehead atoms. The van der Waals surface area contributed by atoms with Crippen LogP contribution in [-0.2, 0) is 12.8 Å². The van der Waals surface area contributed by atoms with Crippen LogP contribution in [0.15, 0.2) is 78.9 Å². The van der Waals surface area contributed by atoms with Crippen LogP contribution < -0.4 is 4.74 Å². The molecule has 1 aromatic heterocycles. The van der Waals surface area contributed by atoms with Crippen LogP contribution in [0.2, 0.25) is 10.0 Å². The number of carboxylic acid groups (broad SMARTS) is 2. The van der Waals surface area contributed by atoms with E-state index in [4.69, 9.17) is 27.9 Å². The number of halogens is 5. The second kappa shape index (κ2) is 11.4. The van der Waals surface area contributed by atoms with E-state index in [1.165, 1.54) is 54.6 Å². The first kappa shape index (κ1) is 29.6. The van der Waals surface area contributed by atoms with E-state index < -0.39 is 40.2 Å². The van der Waals surface area contributed by atoms with Gasteiger partial charge >= 0.3 is 18.1 Å². The third-order valence-corrected chi connectivity index (χ3v) is 6.97. The molecular weight excluding hydrogens is 612 g/mol. The number of nitrogens with zero attached hydrogens (tertiary/aromatic N) is 2. The maximum Gasteiger partial charge on any atom is 0.417 e. The Bertz CT molecular complexity index is 1940. The zero-order valence-corrected chi connectivity index (χ0v) is 23.0. The van der Waals surface area contributed by atoms with Gasteiger partial charge in [0.1, 0.15) is 18.1 Å². The maximum atomic E-state index is 13.8. The van der Waals surface area contributed by atoms with Crippen LogP contribution in [0.25, 0.3) is 22.2 Å². The highest BCUT2D eigenvalue weighted by Crippen LogP contribution is 2.39. The summed E-state index contributed by atoms with van der Waals surface area (Å²) in [7, 11) is 0. The van der Waals surface area contributed by atoms with Crippen LogP contribution in [0, 0.1) is 0 Å². The molecule has 0 radical (unpaired) electrons. The van der Waals surface area contributed by atoms with E-state index in [0.29, 0.717) is 5.56 Å². The van der Waals surface area contributed by atoms with Crippen molar-refractivity contribution in [2.75, 3.05) is 0 Å². The molecule has 5 aromatic rings. The Morgan fingerprint density at radius 2 is 1.56 bits per heavy atom. The Labute approximate surface area is 250 Å². The smallest absolute Gasteiger partial charge is 0.417 e. The lowest BCUT2D eigenvalue weighted by atomic mass is 10.0. The summed E-state index contributed by atoms with van der Waals surface area (Å²) in [4.78, 5) is 36.7. The average molecular weight is 629 g/mol. The zero-order chi connectivity index (χ0) is 31.1. The van der Waals surface area contributed by atoms with Gasteiger partial charge in [0.15, 0.2) is 0 Å². The molecule has 4 aromatic carbocycles. The van der Waals surface area contributed by atoms with Gasteiger partial charge < -0.3 is 14.9 Å². The maximum absolute atomic E-state index is 13.8. The zero-order valence-electron chi connectivity index (χ0n) is 21.5. The molecule has 0 atom stereocenters. The van der Waals surface area contributed by atoms with Crippen molar-refractivity contribution in [3.8, 4) is 17.0 Å². The average Bonchev–Trinajstić information content (AvgIpc) is 3.33. The molecule has 0 spiro atoms. The molecule has 0 fully saturated rings. The van der Waals surface area contributed by atoms with Crippen molar-refractivity contribution in [2.45, 2.75) is 12.8 Å². The lowest BCUT2D eigenvalue weighted by Gasteiger charge is -2.13. The molecule has 0 saturated carbocycles. The highest BCUT2D eigenvalue weighted by atomic mass is 35.5. The Kier molecular flexibility index (Phi) is 7.87. The highest BCUT2D eigenvalue weighted by Gasteiger charge is 2.37. The van der Waals surface area contributed by atoms with Crippen molar-refractivity contribution in [3.63, 3.8) is 0 Å². The molecule has 0 amide bonds. The standard InChI is InChI=1S/C30H17Cl2F3N2O6/c31-18-8-10-23-20(13-18)26(36-37(23)27(38)25-21(30(33,34)35)5-2-6-22(25)32)19-9-7-17(29(41)42)12-24(19)43-14-15-3-1-4-16(11-15)28(39)40/h1-13H,14H2,(H,39,40)(H,41,42). The van der Waals surface area contributed by atoms with Crippen molar-refractivity contribution in [3.05, 3.63) is 117 Å². The quantitative estimate of drug-likeness (QED) is 0.190. The van der Waals surface area contributed by atoms with Gasteiger partial charge in [-0.25, -0.2) is 9.59 Å². The monoisotopic (exact) mass is 628 g/mol. The number of benzene rings is 4. The number of hydrogen-bond acceptors (Lipinski definition) is 5. The first-order chi connectivity index (χ1) is 20.3. The van der Waals surface area contributed by atoms with Gasteiger partial charge in [0.25, 0.3) is 5.91 Å².